The Hall–Kier alpha value is -1.52. The summed E-state index contributed by atoms with van der Waals surface area (Å²) in [6, 6.07) is 0. The van der Waals surface area contributed by atoms with Gasteiger partial charge in [-0.25, -0.2) is 0 Å². The number of allylic oxidation sites excluding steroid dienone is 2. The second-order valence-corrected chi connectivity index (χ2v) is 2.51. The van der Waals surface area contributed by atoms with Crippen molar-refractivity contribution in [1.29, 1.82) is 0 Å². The first kappa shape index (κ1) is 24.0. The molecule has 0 fully saturated rings. The molecule has 0 amide bonds. The first-order chi connectivity index (χ1) is 6.99. The Bertz CT molecular complexity index is 215. The SMILES string of the molecule is C=C(C)/C=C\C(=C)CN.CC=O.CC=O.N. The van der Waals surface area contributed by atoms with E-state index >= 15 is 0 Å². The van der Waals surface area contributed by atoms with Crippen LogP contribution in [0.4, 0.5) is 0 Å². The minimum atomic E-state index is 0. The molecular formula is C12H24N2O2. The zero-order valence-corrected chi connectivity index (χ0v) is 10.5. The Morgan fingerprint density at radius 2 is 1.44 bits per heavy atom. The van der Waals surface area contributed by atoms with Crippen molar-refractivity contribution in [2.45, 2.75) is 20.8 Å². The third-order valence-electron chi connectivity index (χ3n) is 0.866. The zero-order valence-electron chi connectivity index (χ0n) is 10.5. The van der Waals surface area contributed by atoms with Crippen LogP contribution in [0.25, 0.3) is 0 Å². The lowest BCUT2D eigenvalue weighted by Crippen LogP contribution is -1.98. The average molecular weight is 228 g/mol. The van der Waals surface area contributed by atoms with Crippen LogP contribution in [0.15, 0.2) is 36.5 Å². The molecule has 0 atom stereocenters. The van der Waals surface area contributed by atoms with Crippen LogP contribution >= 0.6 is 0 Å². The molecule has 0 saturated carbocycles. The molecule has 0 aliphatic carbocycles. The maximum Gasteiger partial charge on any atom is 0.116 e. The van der Waals surface area contributed by atoms with E-state index < -0.39 is 0 Å². The van der Waals surface area contributed by atoms with Gasteiger partial charge in [-0.05, 0) is 26.3 Å². The van der Waals surface area contributed by atoms with Gasteiger partial charge in [0.1, 0.15) is 12.6 Å². The van der Waals surface area contributed by atoms with Crippen molar-refractivity contribution in [2.24, 2.45) is 5.73 Å². The van der Waals surface area contributed by atoms with Crippen molar-refractivity contribution in [3.05, 3.63) is 36.5 Å². The fourth-order valence-corrected chi connectivity index (χ4v) is 0.328. The largest absolute Gasteiger partial charge is 0.344 e. The molecular weight excluding hydrogens is 204 g/mol. The summed E-state index contributed by atoms with van der Waals surface area (Å²) in [5.41, 5.74) is 7.22. The van der Waals surface area contributed by atoms with E-state index in [-0.39, 0.29) is 6.15 Å². The third-order valence-corrected chi connectivity index (χ3v) is 0.866. The van der Waals surface area contributed by atoms with Gasteiger partial charge in [-0.3, -0.25) is 0 Å². The van der Waals surface area contributed by atoms with Gasteiger partial charge in [-0.2, -0.15) is 0 Å². The molecule has 0 aliphatic rings. The lowest BCUT2D eigenvalue weighted by Gasteiger charge is -1.90. The number of aldehydes is 2. The third kappa shape index (κ3) is 54.8. The number of carbonyl (C=O) groups is 2. The molecule has 94 valence electrons. The molecule has 0 aliphatic heterocycles. The van der Waals surface area contributed by atoms with Gasteiger partial charge in [-0.1, -0.05) is 30.9 Å². The molecule has 0 radical (unpaired) electrons. The van der Waals surface area contributed by atoms with Crippen LogP contribution in [-0.4, -0.2) is 19.1 Å². The highest BCUT2D eigenvalue weighted by molar-refractivity contribution is 5.44. The molecule has 5 N–H and O–H groups in total. The topological polar surface area (TPSA) is 95.2 Å². The summed E-state index contributed by atoms with van der Waals surface area (Å²) in [5, 5.41) is 0. The van der Waals surface area contributed by atoms with Crippen molar-refractivity contribution in [3.63, 3.8) is 0 Å². The highest BCUT2D eigenvalue weighted by Crippen LogP contribution is 1.94. The maximum absolute atomic E-state index is 8.81. The van der Waals surface area contributed by atoms with Gasteiger partial charge >= 0.3 is 0 Å². The van der Waals surface area contributed by atoms with Crippen LogP contribution in [0.2, 0.25) is 0 Å². The Balaban J connectivity index is -0.0000000870. The van der Waals surface area contributed by atoms with Crippen molar-refractivity contribution in [2.75, 3.05) is 6.54 Å². The molecule has 0 spiro atoms. The van der Waals surface area contributed by atoms with E-state index in [0.717, 1.165) is 23.7 Å². The minimum absolute atomic E-state index is 0. The second-order valence-electron chi connectivity index (χ2n) is 2.51. The maximum atomic E-state index is 8.81. The summed E-state index contributed by atoms with van der Waals surface area (Å²) in [5.74, 6) is 0. The number of nitrogens with two attached hydrogens (primary N) is 1. The van der Waals surface area contributed by atoms with Gasteiger partial charge in [-0.15, -0.1) is 0 Å². The Labute approximate surface area is 98.5 Å². The van der Waals surface area contributed by atoms with Crippen LogP contribution in [0, 0.1) is 0 Å². The van der Waals surface area contributed by atoms with Crippen LogP contribution in [0.5, 0.6) is 0 Å². The number of hydrogen-bond donors (Lipinski definition) is 2. The highest BCUT2D eigenvalue weighted by Gasteiger charge is 1.79. The lowest BCUT2D eigenvalue weighted by atomic mass is 10.2. The predicted octanol–water partition coefficient (Wildman–Crippen LogP) is 2.21. The zero-order chi connectivity index (χ0) is 12.7. The smallest absolute Gasteiger partial charge is 0.116 e. The van der Waals surface area contributed by atoms with Crippen molar-refractivity contribution in [1.82, 2.24) is 6.15 Å². The summed E-state index contributed by atoms with van der Waals surface area (Å²) >= 11 is 0. The standard InChI is InChI=1S/C8H13N.2C2H4O.H3N/c1-7(2)4-5-8(3)6-9;2*1-2-3;/h4-5H,1,3,6,9H2,2H3;2*2H,1H3;1H3/b5-4-;;;. The van der Waals surface area contributed by atoms with Crippen molar-refractivity contribution < 1.29 is 9.59 Å². The fourth-order valence-electron chi connectivity index (χ4n) is 0.328. The molecule has 0 bridgehead atoms. The number of rotatable bonds is 3. The van der Waals surface area contributed by atoms with E-state index in [4.69, 9.17) is 15.3 Å². The van der Waals surface area contributed by atoms with Gasteiger partial charge < -0.3 is 21.5 Å². The second kappa shape index (κ2) is 23.4. The van der Waals surface area contributed by atoms with Gasteiger partial charge in [0.25, 0.3) is 0 Å². The summed E-state index contributed by atoms with van der Waals surface area (Å²) in [7, 11) is 0. The van der Waals surface area contributed by atoms with E-state index in [0.29, 0.717) is 6.54 Å². The first-order valence-electron chi connectivity index (χ1n) is 4.51. The van der Waals surface area contributed by atoms with E-state index in [9.17, 15) is 0 Å². The molecule has 16 heavy (non-hydrogen) atoms. The lowest BCUT2D eigenvalue weighted by molar-refractivity contribution is -0.106. The summed E-state index contributed by atoms with van der Waals surface area (Å²) in [4.78, 5) is 17.6. The number of carbonyl (C=O) groups excluding carboxylic acids is 2. The van der Waals surface area contributed by atoms with E-state index in [2.05, 4.69) is 13.2 Å². The Morgan fingerprint density at radius 3 is 1.62 bits per heavy atom. The van der Waals surface area contributed by atoms with Crippen LogP contribution < -0.4 is 11.9 Å². The molecule has 4 heteroatoms. The molecule has 0 aromatic carbocycles. The van der Waals surface area contributed by atoms with E-state index in [1.54, 1.807) is 0 Å². The summed E-state index contributed by atoms with van der Waals surface area (Å²) in [6.45, 7) is 12.7. The van der Waals surface area contributed by atoms with Gasteiger partial charge in [0.15, 0.2) is 0 Å². The van der Waals surface area contributed by atoms with Gasteiger partial charge in [0.2, 0.25) is 0 Å². The summed E-state index contributed by atoms with van der Waals surface area (Å²) in [6.07, 6.45) is 5.28. The van der Waals surface area contributed by atoms with E-state index in [1.807, 2.05) is 19.1 Å². The fraction of sp³-hybridized carbons (Fsp3) is 0.333. The van der Waals surface area contributed by atoms with Crippen molar-refractivity contribution in [3.8, 4) is 0 Å². The Morgan fingerprint density at radius 1 is 1.12 bits per heavy atom. The monoisotopic (exact) mass is 228 g/mol. The molecule has 0 saturated heterocycles. The molecule has 0 heterocycles. The quantitative estimate of drug-likeness (QED) is 0.571. The van der Waals surface area contributed by atoms with Crippen LogP contribution in [-0.2, 0) is 9.59 Å². The van der Waals surface area contributed by atoms with Crippen LogP contribution in [0.3, 0.4) is 0 Å². The number of hydrogen-bond acceptors (Lipinski definition) is 4. The van der Waals surface area contributed by atoms with Gasteiger partial charge in [0.05, 0.1) is 0 Å². The first-order valence-corrected chi connectivity index (χ1v) is 4.51. The molecule has 0 aromatic rings. The van der Waals surface area contributed by atoms with Crippen molar-refractivity contribution >= 4 is 12.6 Å². The minimum Gasteiger partial charge on any atom is -0.344 e. The van der Waals surface area contributed by atoms with Gasteiger partial charge in [0, 0.05) is 6.54 Å². The summed E-state index contributed by atoms with van der Waals surface area (Å²) < 4.78 is 0. The molecule has 0 unspecified atom stereocenters. The Kier molecular flexibility index (Phi) is 35.0. The predicted molar refractivity (Wildman–Crippen MR) is 70.6 cm³/mol. The average Bonchev–Trinajstić information content (AvgIpc) is 2.16. The highest BCUT2D eigenvalue weighted by atomic mass is 16.1. The van der Waals surface area contributed by atoms with E-state index in [1.165, 1.54) is 13.8 Å². The normalized spacial score (nSPS) is 7.25. The molecule has 0 aromatic heterocycles. The molecule has 0 rings (SSSR count). The molecule has 4 nitrogen and oxygen atoms in total. The van der Waals surface area contributed by atoms with Crippen LogP contribution in [0.1, 0.15) is 20.8 Å².